The molecule has 0 aliphatic carbocycles. The van der Waals surface area contributed by atoms with Crippen LogP contribution in [0.25, 0.3) is 11.0 Å². The van der Waals surface area contributed by atoms with E-state index in [1.54, 1.807) is 36.5 Å². The van der Waals surface area contributed by atoms with Crippen LogP contribution in [0.5, 0.6) is 5.75 Å². The zero-order valence-electron chi connectivity index (χ0n) is 14.6. The van der Waals surface area contributed by atoms with E-state index in [9.17, 15) is 4.79 Å². The second-order valence-corrected chi connectivity index (χ2v) is 6.77. The molecule has 0 spiro atoms. The van der Waals surface area contributed by atoms with E-state index >= 15 is 0 Å². The van der Waals surface area contributed by atoms with Gasteiger partial charge in [-0.1, -0.05) is 24.3 Å². The van der Waals surface area contributed by atoms with Crippen LogP contribution in [0.1, 0.15) is 15.9 Å². The van der Waals surface area contributed by atoms with Gasteiger partial charge < -0.3 is 9.72 Å². The van der Waals surface area contributed by atoms with Crippen molar-refractivity contribution in [2.24, 2.45) is 5.10 Å². The molecule has 4 aromatic rings. The summed E-state index contributed by atoms with van der Waals surface area (Å²) in [5.74, 6) is 0.611. The largest absolute Gasteiger partial charge is 0.423 e. The minimum Gasteiger partial charge on any atom is -0.423 e. The molecule has 138 valence electrons. The van der Waals surface area contributed by atoms with Gasteiger partial charge in [-0.25, -0.2) is 15.2 Å². The number of carbonyl (C=O) groups excluding carboxylic acids is 1. The van der Waals surface area contributed by atoms with E-state index in [1.165, 1.54) is 0 Å². The number of aromatic nitrogens is 2. The fraction of sp³-hybridized carbons (Fsp3) is 0. The Hall–Kier alpha value is -3.45. The molecule has 1 heterocycles. The maximum Gasteiger partial charge on any atom is 0.344 e. The van der Waals surface area contributed by atoms with Crippen molar-refractivity contribution in [1.82, 2.24) is 9.97 Å². The van der Waals surface area contributed by atoms with Gasteiger partial charge in [0.05, 0.1) is 22.8 Å². The molecule has 0 aliphatic rings. The number of hydrogen-bond acceptors (Lipinski definition) is 5. The monoisotopic (exact) mass is 434 g/mol. The van der Waals surface area contributed by atoms with E-state index in [-0.39, 0.29) is 0 Å². The van der Waals surface area contributed by atoms with Crippen molar-refractivity contribution < 1.29 is 9.53 Å². The van der Waals surface area contributed by atoms with Gasteiger partial charge in [-0.3, -0.25) is 0 Å². The number of H-pyrrole nitrogens is 1. The molecule has 0 aliphatic heterocycles. The lowest BCUT2D eigenvalue weighted by molar-refractivity contribution is 0.0734. The topological polar surface area (TPSA) is 79.4 Å². The third-order valence-electron chi connectivity index (χ3n) is 3.96. The molecule has 0 atom stereocenters. The van der Waals surface area contributed by atoms with Gasteiger partial charge in [-0.2, -0.15) is 5.10 Å². The second kappa shape index (κ2) is 8.06. The molecule has 1 aromatic heterocycles. The van der Waals surface area contributed by atoms with E-state index in [2.05, 4.69) is 36.4 Å². The summed E-state index contributed by atoms with van der Waals surface area (Å²) in [5, 5.41) is 4.17. The number of rotatable bonds is 5. The number of esters is 1. The van der Waals surface area contributed by atoms with Crippen molar-refractivity contribution in [3.05, 3.63) is 88.4 Å². The van der Waals surface area contributed by atoms with Gasteiger partial charge in [0.1, 0.15) is 5.75 Å². The Balaban J connectivity index is 1.38. The van der Waals surface area contributed by atoms with Gasteiger partial charge >= 0.3 is 5.97 Å². The summed E-state index contributed by atoms with van der Waals surface area (Å²) in [6, 6.07) is 21.9. The average molecular weight is 435 g/mol. The number of anilines is 1. The summed E-state index contributed by atoms with van der Waals surface area (Å²) < 4.78 is 6.09. The van der Waals surface area contributed by atoms with Gasteiger partial charge in [0.2, 0.25) is 5.95 Å². The van der Waals surface area contributed by atoms with Gasteiger partial charge in [0.15, 0.2) is 0 Å². The van der Waals surface area contributed by atoms with Gasteiger partial charge in [-0.15, -0.1) is 0 Å². The number of hydrazone groups is 1. The first-order valence-electron chi connectivity index (χ1n) is 8.50. The highest BCUT2D eigenvalue weighted by Crippen LogP contribution is 2.19. The van der Waals surface area contributed by atoms with Crippen LogP contribution in [0.15, 0.2) is 82.4 Å². The number of fused-ring (bicyclic) bond motifs is 1. The van der Waals surface area contributed by atoms with E-state index < -0.39 is 5.97 Å². The van der Waals surface area contributed by atoms with Crippen molar-refractivity contribution in [2.45, 2.75) is 0 Å². The van der Waals surface area contributed by atoms with E-state index in [0.717, 1.165) is 16.6 Å². The van der Waals surface area contributed by atoms with E-state index in [0.29, 0.717) is 21.7 Å². The molecule has 2 N–H and O–H groups in total. The van der Waals surface area contributed by atoms with Crippen LogP contribution in [-0.4, -0.2) is 22.2 Å². The third-order valence-corrected chi connectivity index (χ3v) is 4.65. The Morgan fingerprint density at radius 3 is 2.57 bits per heavy atom. The van der Waals surface area contributed by atoms with Crippen molar-refractivity contribution in [2.75, 3.05) is 5.43 Å². The van der Waals surface area contributed by atoms with Gasteiger partial charge in [-0.05, 0) is 70.0 Å². The van der Waals surface area contributed by atoms with E-state index in [1.807, 2.05) is 42.5 Å². The molecule has 0 saturated carbocycles. The molecule has 6 nitrogen and oxygen atoms in total. The summed E-state index contributed by atoms with van der Waals surface area (Å²) in [6.07, 6.45) is 1.66. The molecule has 0 radical (unpaired) electrons. The molecule has 3 aromatic carbocycles. The van der Waals surface area contributed by atoms with Crippen molar-refractivity contribution in [3.8, 4) is 5.75 Å². The standard InChI is InChI=1S/C21H15BrN4O2/c22-17-6-2-1-5-16(17)20(27)28-15-11-9-14(10-12-15)13-23-26-21-24-18-7-3-4-8-19(18)25-21/h1-13H,(H2,24,25,26)/b23-13-. The number of imidazole rings is 1. The molecule has 0 bridgehead atoms. The number of hydrogen-bond donors (Lipinski definition) is 2. The van der Waals surface area contributed by atoms with Crippen molar-refractivity contribution >= 4 is 45.1 Å². The first-order chi connectivity index (χ1) is 13.7. The zero-order chi connectivity index (χ0) is 19.3. The maximum atomic E-state index is 12.2. The highest BCUT2D eigenvalue weighted by Gasteiger charge is 2.11. The molecule has 0 saturated heterocycles. The first-order valence-corrected chi connectivity index (χ1v) is 9.29. The fourth-order valence-electron chi connectivity index (χ4n) is 2.58. The molecule has 4 rings (SSSR count). The number of aromatic amines is 1. The molecule has 0 unspecified atom stereocenters. The lowest BCUT2D eigenvalue weighted by atomic mass is 10.2. The molecule has 7 heteroatoms. The Labute approximate surface area is 169 Å². The lowest BCUT2D eigenvalue weighted by Crippen LogP contribution is -2.09. The number of nitrogens with one attached hydrogen (secondary N) is 2. The van der Waals surface area contributed by atoms with Crippen molar-refractivity contribution in [1.29, 1.82) is 0 Å². The molecule has 0 amide bonds. The van der Waals surface area contributed by atoms with Gasteiger partial charge in [0, 0.05) is 4.47 Å². The second-order valence-electron chi connectivity index (χ2n) is 5.91. The van der Waals surface area contributed by atoms with Crippen LogP contribution in [-0.2, 0) is 0 Å². The van der Waals surface area contributed by atoms with Crippen LogP contribution in [0.4, 0.5) is 5.95 Å². The summed E-state index contributed by atoms with van der Waals surface area (Å²) in [5.41, 5.74) is 6.01. The Kier molecular flexibility index (Phi) is 5.16. The van der Waals surface area contributed by atoms with Crippen LogP contribution in [0.2, 0.25) is 0 Å². The number of halogens is 1. The number of para-hydroxylation sites is 2. The van der Waals surface area contributed by atoms with Crippen LogP contribution in [0.3, 0.4) is 0 Å². The number of benzene rings is 3. The highest BCUT2D eigenvalue weighted by molar-refractivity contribution is 9.10. The third kappa shape index (κ3) is 4.10. The number of nitrogens with zero attached hydrogens (tertiary/aromatic N) is 2. The Bertz CT molecular complexity index is 1120. The highest BCUT2D eigenvalue weighted by atomic mass is 79.9. The molecule has 0 fully saturated rings. The fourth-order valence-corrected chi connectivity index (χ4v) is 3.03. The number of carbonyl (C=O) groups is 1. The summed E-state index contributed by atoms with van der Waals surface area (Å²) in [4.78, 5) is 19.7. The average Bonchev–Trinajstić information content (AvgIpc) is 3.12. The maximum absolute atomic E-state index is 12.2. The Morgan fingerprint density at radius 2 is 1.79 bits per heavy atom. The number of ether oxygens (including phenoxy) is 1. The summed E-state index contributed by atoms with van der Waals surface area (Å²) in [7, 11) is 0. The minimum absolute atomic E-state index is 0.416. The smallest absolute Gasteiger partial charge is 0.344 e. The Morgan fingerprint density at radius 1 is 1.04 bits per heavy atom. The summed E-state index contributed by atoms with van der Waals surface area (Å²) in [6.45, 7) is 0. The normalized spacial score (nSPS) is 11.0. The van der Waals surface area contributed by atoms with Crippen LogP contribution >= 0.6 is 15.9 Å². The quantitative estimate of drug-likeness (QED) is 0.200. The molecular weight excluding hydrogens is 420 g/mol. The minimum atomic E-state index is -0.416. The van der Waals surface area contributed by atoms with Crippen LogP contribution in [0, 0.1) is 0 Å². The van der Waals surface area contributed by atoms with Crippen molar-refractivity contribution in [3.63, 3.8) is 0 Å². The van der Waals surface area contributed by atoms with E-state index in [4.69, 9.17) is 4.74 Å². The SMILES string of the molecule is O=C(Oc1ccc(/C=N\Nc2nc3ccccc3[nH]2)cc1)c1ccccc1Br. The van der Waals surface area contributed by atoms with Crippen LogP contribution < -0.4 is 10.2 Å². The van der Waals surface area contributed by atoms with Gasteiger partial charge in [0.25, 0.3) is 0 Å². The zero-order valence-corrected chi connectivity index (χ0v) is 16.2. The summed E-state index contributed by atoms with van der Waals surface area (Å²) >= 11 is 3.35. The first kappa shape index (κ1) is 17.9. The molecule has 28 heavy (non-hydrogen) atoms. The molecular formula is C21H15BrN4O2. The predicted octanol–water partition coefficient (Wildman–Crippen LogP) is 4.99. The lowest BCUT2D eigenvalue weighted by Gasteiger charge is -2.06. The predicted molar refractivity (Wildman–Crippen MR) is 113 cm³/mol.